The molecule has 2 aromatic rings. The second-order valence-corrected chi connectivity index (χ2v) is 10.3. The van der Waals surface area contributed by atoms with Crippen molar-refractivity contribution in [3.05, 3.63) is 48.5 Å². The van der Waals surface area contributed by atoms with Crippen molar-refractivity contribution in [2.45, 2.75) is 30.9 Å². The van der Waals surface area contributed by atoms with Gasteiger partial charge in [-0.1, -0.05) is 43.3 Å². The van der Waals surface area contributed by atoms with E-state index >= 15 is 0 Å². The minimum absolute atomic E-state index is 0.0465. The third-order valence-corrected chi connectivity index (χ3v) is 7.94. The van der Waals surface area contributed by atoms with E-state index in [9.17, 15) is 18.3 Å². The molecule has 0 aliphatic carbocycles. The average molecular weight is 477 g/mol. The number of aliphatic hydroxyl groups is 1. The first-order chi connectivity index (χ1) is 15.7. The van der Waals surface area contributed by atoms with E-state index in [-0.39, 0.29) is 48.8 Å². The van der Waals surface area contributed by atoms with Gasteiger partial charge in [0.05, 0.1) is 13.2 Å². The molecule has 1 aliphatic heterocycles. The van der Waals surface area contributed by atoms with Gasteiger partial charge in [0.1, 0.15) is 23.4 Å². The van der Waals surface area contributed by atoms with Gasteiger partial charge in [-0.3, -0.25) is 4.79 Å². The van der Waals surface area contributed by atoms with Gasteiger partial charge in [0.15, 0.2) is 0 Å². The number of carbonyl (C=O) groups excluding carboxylic acids is 1. The fraction of sp³-hybridized carbons (Fsp3) is 0.458. The molecule has 0 spiro atoms. The van der Waals surface area contributed by atoms with E-state index in [0.29, 0.717) is 0 Å². The number of amides is 1. The number of carbonyl (C=O) groups is 1. The summed E-state index contributed by atoms with van der Waals surface area (Å²) in [7, 11) is -0.787. The van der Waals surface area contributed by atoms with E-state index in [1.165, 1.54) is 16.3 Å². The third-order valence-electron chi connectivity index (χ3n) is 5.92. The van der Waals surface area contributed by atoms with Crippen LogP contribution in [0.3, 0.4) is 0 Å². The van der Waals surface area contributed by atoms with E-state index in [4.69, 9.17) is 9.47 Å². The minimum atomic E-state index is -3.91. The summed E-state index contributed by atoms with van der Waals surface area (Å²) in [6, 6.07) is 14.1. The highest BCUT2D eigenvalue weighted by atomic mass is 32.2. The Hall–Kier alpha value is -2.46. The van der Waals surface area contributed by atoms with Crippen LogP contribution in [0, 0.1) is 5.92 Å². The van der Waals surface area contributed by atoms with Crippen molar-refractivity contribution in [3.63, 3.8) is 0 Å². The van der Waals surface area contributed by atoms with Gasteiger partial charge < -0.3 is 19.5 Å². The molecule has 0 saturated heterocycles. The standard InChI is InChI=1S/C24H32N2O6S/c1-17-13-26(18(2)15-27)33(29,30)23-11-10-20(19-8-6-5-7-9-19)12-21(23)32-22(17)14-25(3)24(28)16-31-4/h5-12,17-18,22,27H,13-16H2,1-4H3/t17-,18+,22+/m0/s1. The number of sulfonamides is 1. The molecule has 8 nitrogen and oxygen atoms in total. The smallest absolute Gasteiger partial charge is 0.248 e. The first kappa shape index (κ1) is 25.2. The fourth-order valence-corrected chi connectivity index (χ4v) is 5.68. The highest BCUT2D eigenvalue weighted by Crippen LogP contribution is 2.36. The van der Waals surface area contributed by atoms with Crippen LogP contribution in [0.1, 0.15) is 13.8 Å². The zero-order chi connectivity index (χ0) is 24.2. The molecule has 33 heavy (non-hydrogen) atoms. The summed E-state index contributed by atoms with van der Waals surface area (Å²) in [4.78, 5) is 13.9. The Balaban J connectivity index is 2.08. The maximum absolute atomic E-state index is 13.5. The fourth-order valence-electron chi connectivity index (χ4n) is 3.86. The number of methoxy groups -OCH3 is 1. The van der Waals surface area contributed by atoms with Gasteiger partial charge >= 0.3 is 0 Å². The van der Waals surface area contributed by atoms with Crippen molar-refractivity contribution in [1.29, 1.82) is 0 Å². The van der Waals surface area contributed by atoms with E-state index in [1.54, 1.807) is 32.2 Å². The van der Waals surface area contributed by atoms with E-state index in [2.05, 4.69) is 0 Å². The van der Waals surface area contributed by atoms with Crippen LogP contribution in [0.15, 0.2) is 53.4 Å². The monoisotopic (exact) mass is 476 g/mol. The average Bonchev–Trinajstić information content (AvgIpc) is 2.81. The Labute approximate surface area is 195 Å². The predicted molar refractivity (Wildman–Crippen MR) is 125 cm³/mol. The highest BCUT2D eigenvalue weighted by molar-refractivity contribution is 7.89. The molecule has 1 aliphatic rings. The maximum Gasteiger partial charge on any atom is 0.248 e. The van der Waals surface area contributed by atoms with Gasteiger partial charge in [0.25, 0.3) is 0 Å². The number of benzene rings is 2. The number of hydrogen-bond acceptors (Lipinski definition) is 6. The summed E-state index contributed by atoms with van der Waals surface area (Å²) in [6.45, 7) is 3.63. The second kappa shape index (κ2) is 10.6. The lowest BCUT2D eigenvalue weighted by Gasteiger charge is -2.37. The minimum Gasteiger partial charge on any atom is -0.487 e. The molecule has 0 unspecified atom stereocenters. The molecule has 2 aromatic carbocycles. The number of rotatable bonds is 7. The molecule has 9 heteroatoms. The molecule has 1 heterocycles. The van der Waals surface area contributed by atoms with Crippen LogP contribution in [-0.4, -0.2) is 81.2 Å². The molecule has 0 aromatic heterocycles. The Kier molecular flexibility index (Phi) is 8.12. The normalized spacial score (nSPS) is 21.2. The molecule has 0 radical (unpaired) electrons. The SMILES string of the molecule is COCC(=O)N(C)C[C@H]1Oc2cc(-c3ccccc3)ccc2S(=O)(=O)N([C@H](C)CO)C[C@@H]1C. The number of fused-ring (bicyclic) bond motifs is 1. The maximum atomic E-state index is 13.5. The zero-order valence-corrected chi connectivity index (χ0v) is 20.3. The van der Waals surface area contributed by atoms with Gasteiger partial charge in [-0.05, 0) is 30.2 Å². The first-order valence-corrected chi connectivity index (χ1v) is 12.3. The van der Waals surface area contributed by atoms with Gasteiger partial charge in [-0.25, -0.2) is 8.42 Å². The number of nitrogens with zero attached hydrogens (tertiary/aromatic N) is 2. The summed E-state index contributed by atoms with van der Waals surface area (Å²) in [5, 5.41) is 9.75. The Bertz CT molecular complexity index is 1060. The number of aliphatic hydroxyl groups excluding tert-OH is 1. The number of hydrogen-bond donors (Lipinski definition) is 1. The van der Waals surface area contributed by atoms with Crippen molar-refractivity contribution in [2.24, 2.45) is 5.92 Å². The van der Waals surface area contributed by atoms with Crippen molar-refractivity contribution >= 4 is 15.9 Å². The van der Waals surface area contributed by atoms with Crippen LogP contribution >= 0.6 is 0 Å². The summed E-state index contributed by atoms with van der Waals surface area (Å²) < 4.78 is 39.7. The molecule has 0 bridgehead atoms. The van der Waals surface area contributed by atoms with Gasteiger partial charge in [-0.15, -0.1) is 0 Å². The van der Waals surface area contributed by atoms with Crippen LogP contribution in [0.5, 0.6) is 5.75 Å². The van der Waals surface area contributed by atoms with Gasteiger partial charge in [0.2, 0.25) is 15.9 Å². The molecule has 3 atom stereocenters. The summed E-state index contributed by atoms with van der Waals surface area (Å²) >= 11 is 0. The van der Waals surface area contributed by atoms with Crippen molar-refractivity contribution in [3.8, 4) is 16.9 Å². The van der Waals surface area contributed by atoms with Crippen LogP contribution in [0.4, 0.5) is 0 Å². The Morgan fingerprint density at radius 1 is 1.24 bits per heavy atom. The molecule has 1 amide bonds. The molecule has 0 fully saturated rings. The molecule has 1 N–H and O–H groups in total. The number of likely N-dealkylation sites (N-methyl/N-ethyl adjacent to an activating group) is 1. The largest absolute Gasteiger partial charge is 0.487 e. The molecule has 0 saturated carbocycles. The number of ether oxygens (including phenoxy) is 2. The van der Waals surface area contributed by atoms with Crippen LogP contribution in [-0.2, 0) is 19.6 Å². The second-order valence-electron chi connectivity index (χ2n) is 8.47. The van der Waals surface area contributed by atoms with E-state index < -0.39 is 22.2 Å². The van der Waals surface area contributed by atoms with E-state index in [1.807, 2.05) is 37.3 Å². The first-order valence-electron chi connectivity index (χ1n) is 10.9. The molecular formula is C24H32N2O6S. The van der Waals surface area contributed by atoms with Crippen LogP contribution < -0.4 is 4.74 Å². The van der Waals surface area contributed by atoms with Crippen molar-refractivity contribution < 1.29 is 27.8 Å². The summed E-state index contributed by atoms with van der Waals surface area (Å²) in [5.74, 6) is -0.211. The van der Waals surface area contributed by atoms with Crippen molar-refractivity contribution in [2.75, 3.05) is 40.5 Å². The van der Waals surface area contributed by atoms with E-state index in [0.717, 1.165) is 11.1 Å². The Morgan fingerprint density at radius 3 is 2.58 bits per heavy atom. The van der Waals surface area contributed by atoms with Crippen molar-refractivity contribution in [1.82, 2.24) is 9.21 Å². The summed E-state index contributed by atoms with van der Waals surface area (Å²) in [6.07, 6.45) is -0.468. The lowest BCUT2D eigenvalue weighted by atomic mass is 10.0. The Morgan fingerprint density at radius 2 is 1.94 bits per heavy atom. The predicted octanol–water partition coefficient (Wildman–Crippen LogP) is 2.23. The highest BCUT2D eigenvalue weighted by Gasteiger charge is 2.38. The molecular weight excluding hydrogens is 444 g/mol. The van der Waals surface area contributed by atoms with Gasteiger partial charge in [-0.2, -0.15) is 4.31 Å². The molecule has 180 valence electrons. The van der Waals surface area contributed by atoms with Crippen LogP contribution in [0.25, 0.3) is 11.1 Å². The zero-order valence-electron chi connectivity index (χ0n) is 19.5. The summed E-state index contributed by atoms with van der Waals surface area (Å²) in [5.41, 5.74) is 1.75. The topological polar surface area (TPSA) is 96.4 Å². The van der Waals surface area contributed by atoms with Crippen LogP contribution in [0.2, 0.25) is 0 Å². The quantitative estimate of drug-likeness (QED) is 0.658. The molecule has 3 rings (SSSR count). The lowest BCUT2D eigenvalue weighted by Crippen LogP contribution is -2.50. The van der Waals surface area contributed by atoms with Gasteiger partial charge in [0, 0.05) is 32.7 Å². The third kappa shape index (κ3) is 5.55. The lowest BCUT2D eigenvalue weighted by molar-refractivity contribution is -0.135.